The van der Waals surface area contributed by atoms with Crippen molar-refractivity contribution in [2.24, 2.45) is 4.99 Å². The third-order valence-corrected chi connectivity index (χ3v) is 6.54. The number of hydrogen-bond donors (Lipinski definition) is 2. The fraction of sp³-hybridized carbons (Fsp3) is 0.692. The standard InChI is InChI=1S/C13H23N5O2S2.HI/c1-3-11-9-16-12(21-11)10-17-13(14-2)15-5-7-18-6-4-8-22(18,19)20;/h9H,3-8,10H2,1-2H3,(H2,14,15,17);1H. The highest BCUT2D eigenvalue weighted by molar-refractivity contribution is 14.0. The summed E-state index contributed by atoms with van der Waals surface area (Å²) in [4.78, 5) is 9.74. The molecule has 2 N–H and O–H groups in total. The zero-order chi connectivity index (χ0) is 16.0. The minimum Gasteiger partial charge on any atom is -0.355 e. The molecule has 0 aliphatic carbocycles. The molecule has 0 saturated carbocycles. The Kier molecular flexibility index (Phi) is 8.72. The van der Waals surface area contributed by atoms with Crippen LogP contribution >= 0.6 is 35.3 Å². The molecule has 10 heteroatoms. The summed E-state index contributed by atoms with van der Waals surface area (Å²) in [7, 11) is -1.33. The van der Waals surface area contributed by atoms with Gasteiger partial charge in [0.2, 0.25) is 10.0 Å². The Labute approximate surface area is 159 Å². The van der Waals surface area contributed by atoms with Crippen LogP contribution in [0.2, 0.25) is 0 Å². The highest BCUT2D eigenvalue weighted by atomic mass is 127. The normalized spacial score (nSPS) is 17.7. The monoisotopic (exact) mass is 473 g/mol. The van der Waals surface area contributed by atoms with E-state index in [-0.39, 0.29) is 29.7 Å². The van der Waals surface area contributed by atoms with Crippen molar-refractivity contribution in [3.63, 3.8) is 0 Å². The lowest BCUT2D eigenvalue weighted by molar-refractivity contribution is 0.445. The van der Waals surface area contributed by atoms with Crippen LogP contribution in [0.4, 0.5) is 0 Å². The second-order valence-corrected chi connectivity index (χ2v) is 8.28. The summed E-state index contributed by atoms with van der Waals surface area (Å²) in [6.45, 7) is 4.36. The molecule has 23 heavy (non-hydrogen) atoms. The molecule has 2 rings (SSSR count). The summed E-state index contributed by atoms with van der Waals surface area (Å²) in [5.74, 6) is 0.925. The molecule has 132 valence electrons. The summed E-state index contributed by atoms with van der Waals surface area (Å²) < 4.78 is 24.9. The van der Waals surface area contributed by atoms with Crippen LogP contribution in [-0.2, 0) is 23.0 Å². The number of thiazole rings is 1. The first-order valence-corrected chi connectivity index (χ1v) is 9.83. The predicted molar refractivity (Wildman–Crippen MR) is 105 cm³/mol. The van der Waals surface area contributed by atoms with Crippen molar-refractivity contribution in [3.8, 4) is 0 Å². The van der Waals surface area contributed by atoms with E-state index >= 15 is 0 Å². The Hall–Kier alpha value is -0.460. The Morgan fingerprint density at radius 3 is 2.83 bits per heavy atom. The van der Waals surface area contributed by atoms with Crippen LogP contribution in [-0.4, -0.2) is 56.1 Å². The van der Waals surface area contributed by atoms with Gasteiger partial charge in [0, 0.05) is 37.8 Å². The molecule has 1 aliphatic rings. The largest absolute Gasteiger partial charge is 0.355 e. The Balaban J connectivity index is 0.00000264. The average molecular weight is 473 g/mol. The maximum Gasteiger partial charge on any atom is 0.214 e. The Morgan fingerprint density at radius 1 is 1.48 bits per heavy atom. The van der Waals surface area contributed by atoms with Gasteiger partial charge in [-0.05, 0) is 12.8 Å². The van der Waals surface area contributed by atoms with E-state index in [0.717, 1.165) is 17.8 Å². The molecule has 0 atom stereocenters. The van der Waals surface area contributed by atoms with E-state index in [4.69, 9.17) is 0 Å². The number of rotatable bonds is 6. The quantitative estimate of drug-likeness (QED) is 0.366. The van der Waals surface area contributed by atoms with Crippen LogP contribution in [0.3, 0.4) is 0 Å². The molecule has 1 aromatic heterocycles. The van der Waals surface area contributed by atoms with Gasteiger partial charge in [0.1, 0.15) is 5.01 Å². The summed E-state index contributed by atoms with van der Waals surface area (Å²) in [5.41, 5.74) is 0. The lowest BCUT2D eigenvalue weighted by Crippen LogP contribution is -2.41. The average Bonchev–Trinajstić information content (AvgIpc) is 3.09. The number of nitrogens with zero attached hydrogens (tertiary/aromatic N) is 3. The van der Waals surface area contributed by atoms with Gasteiger partial charge in [0.05, 0.1) is 12.3 Å². The molecule has 0 spiro atoms. The first-order chi connectivity index (χ1) is 10.5. The second-order valence-electron chi connectivity index (χ2n) is 5.00. The van der Waals surface area contributed by atoms with Gasteiger partial charge < -0.3 is 10.6 Å². The molecule has 0 radical (unpaired) electrons. The van der Waals surface area contributed by atoms with Crippen molar-refractivity contribution in [1.29, 1.82) is 0 Å². The topological polar surface area (TPSA) is 86.7 Å². The number of hydrogen-bond acceptors (Lipinski definition) is 5. The van der Waals surface area contributed by atoms with Crippen molar-refractivity contribution < 1.29 is 8.42 Å². The van der Waals surface area contributed by atoms with Crippen LogP contribution in [0.1, 0.15) is 23.2 Å². The maximum absolute atomic E-state index is 11.7. The first-order valence-electron chi connectivity index (χ1n) is 7.41. The number of halogens is 1. The predicted octanol–water partition coefficient (Wildman–Crippen LogP) is 1.02. The Bertz CT molecular complexity index is 618. The minimum atomic E-state index is -3.02. The van der Waals surface area contributed by atoms with Crippen LogP contribution < -0.4 is 10.6 Å². The number of nitrogens with one attached hydrogen (secondary N) is 2. The molecule has 0 bridgehead atoms. The first kappa shape index (κ1) is 20.6. The van der Waals surface area contributed by atoms with E-state index in [0.29, 0.717) is 32.1 Å². The zero-order valence-electron chi connectivity index (χ0n) is 13.4. The fourth-order valence-electron chi connectivity index (χ4n) is 2.21. The number of aromatic nitrogens is 1. The van der Waals surface area contributed by atoms with Gasteiger partial charge in [-0.1, -0.05) is 6.92 Å². The highest BCUT2D eigenvalue weighted by Crippen LogP contribution is 2.13. The van der Waals surface area contributed by atoms with Crippen LogP contribution in [0, 0.1) is 0 Å². The van der Waals surface area contributed by atoms with Gasteiger partial charge in [0.15, 0.2) is 5.96 Å². The van der Waals surface area contributed by atoms with Crippen molar-refractivity contribution in [3.05, 3.63) is 16.1 Å². The number of sulfonamides is 1. The summed E-state index contributed by atoms with van der Waals surface area (Å²) >= 11 is 1.69. The third-order valence-electron chi connectivity index (χ3n) is 3.44. The highest BCUT2D eigenvalue weighted by Gasteiger charge is 2.27. The summed E-state index contributed by atoms with van der Waals surface area (Å²) in [6, 6.07) is 0. The lowest BCUT2D eigenvalue weighted by Gasteiger charge is -2.16. The van der Waals surface area contributed by atoms with E-state index in [9.17, 15) is 8.42 Å². The van der Waals surface area contributed by atoms with Crippen LogP contribution in [0.5, 0.6) is 0 Å². The lowest BCUT2D eigenvalue weighted by atomic mass is 10.4. The van der Waals surface area contributed by atoms with Crippen molar-refractivity contribution in [2.45, 2.75) is 26.3 Å². The molecule has 0 aromatic carbocycles. The third kappa shape index (κ3) is 6.16. The molecule has 1 aromatic rings. The van der Waals surface area contributed by atoms with Crippen molar-refractivity contribution in [1.82, 2.24) is 19.9 Å². The van der Waals surface area contributed by atoms with Gasteiger partial charge in [-0.3, -0.25) is 4.99 Å². The molecular weight excluding hydrogens is 449 g/mol. The number of guanidine groups is 1. The summed E-state index contributed by atoms with van der Waals surface area (Å²) in [5, 5.41) is 7.34. The van der Waals surface area contributed by atoms with Crippen LogP contribution in [0.15, 0.2) is 11.2 Å². The van der Waals surface area contributed by atoms with Crippen LogP contribution in [0.25, 0.3) is 0 Å². The molecule has 1 fully saturated rings. The Morgan fingerprint density at radius 2 is 2.26 bits per heavy atom. The van der Waals surface area contributed by atoms with Gasteiger partial charge >= 0.3 is 0 Å². The molecule has 1 aliphatic heterocycles. The van der Waals surface area contributed by atoms with Crippen molar-refractivity contribution >= 4 is 51.3 Å². The maximum atomic E-state index is 11.7. The zero-order valence-corrected chi connectivity index (χ0v) is 17.4. The molecule has 0 amide bonds. The van der Waals surface area contributed by atoms with Crippen molar-refractivity contribution in [2.75, 3.05) is 32.4 Å². The fourth-order valence-corrected chi connectivity index (χ4v) is 4.55. The van der Waals surface area contributed by atoms with Gasteiger partial charge in [-0.25, -0.2) is 17.7 Å². The van der Waals surface area contributed by atoms with E-state index in [1.165, 1.54) is 9.18 Å². The van der Waals surface area contributed by atoms with Gasteiger partial charge in [0.25, 0.3) is 0 Å². The minimum absolute atomic E-state index is 0. The summed E-state index contributed by atoms with van der Waals surface area (Å²) in [6.07, 6.45) is 3.62. The van der Waals surface area contributed by atoms with Gasteiger partial charge in [-0.15, -0.1) is 35.3 Å². The van der Waals surface area contributed by atoms with E-state index in [2.05, 4.69) is 27.5 Å². The van der Waals surface area contributed by atoms with Gasteiger partial charge in [-0.2, -0.15) is 0 Å². The van der Waals surface area contributed by atoms with E-state index < -0.39 is 10.0 Å². The molecule has 0 unspecified atom stereocenters. The SMILES string of the molecule is CCc1cnc(CNC(=NC)NCCN2CCCS2(=O)=O)s1.I. The molecular formula is C13H24IN5O2S2. The van der Waals surface area contributed by atoms with E-state index in [1.54, 1.807) is 18.4 Å². The molecule has 1 saturated heterocycles. The number of aliphatic imine (C=N–C) groups is 1. The van der Waals surface area contributed by atoms with E-state index in [1.807, 2.05) is 6.20 Å². The smallest absolute Gasteiger partial charge is 0.214 e. The second kappa shape index (κ2) is 9.74. The molecule has 2 heterocycles. The number of aryl methyl sites for hydroxylation is 1. The molecule has 7 nitrogen and oxygen atoms in total.